The van der Waals surface area contributed by atoms with Crippen LogP contribution in [0.5, 0.6) is 0 Å². The lowest BCUT2D eigenvalue weighted by Gasteiger charge is -2.07. The first kappa shape index (κ1) is 29.8. The predicted octanol–water partition coefficient (Wildman–Crippen LogP) is 1.82. The van der Waals surface area contributed by atoms with E-state index in [1.807, 2.05) is 0 Å². The van der Waals surface area contributed by atoms with Crippen molar-refractivity contribution in [2.45, 2.75) is 13.8 Å². The lowest BCUT2D eigenvalue weighted by Crippen LogP contribution is -2.30. The fourth-order valence-corrected chi connectivity index (χ4v) is 2.25. The Hall–Kier alpha value is -4.23. The number of urea groups is 1. The quantitative estimate of drug-likeness (QED) is 0.169. The summed E-state index contributed by atoms with van der Waals surface area (Å²) in [6.07, 6.45) is 1.33. The Morgan fingerprint density at radius 2 is 1.53 bits per heavy atom. The second-order valence-corrected chi connectivity index (χ2v) is 6.42. The van der Waals surface area contributed by atoms with Crippen LogP contribution in [-0.4, -0.2) is 58.5 Å². The van der Waals surface area contributed by atoms with Gasteiger partial charge in [0, 0.05) is 43.0 Å². The van der Waals surface area contributed by atoms with Crippen LogP contribution in [0.1, 0.15) is 11.1 Å². The molecule has 0 bridgehead atoms. The number of hydrogen-bond acceptors (Lipinski definition) is 10. The minimum Gasteiger partial charge on any atom is -0.395 e. The van der Waals surface area contributed by atoms with Crippen molar-refractivity contribution in [3.63, 3.8) is 0 Å². The van der Waals surface area contributed by atoms with Crippen LogP contribution < -0.4 is 16.4 Å². The number of nitrogens with one attached hydrogen (secondary N) is 2. The number of aryl methyl sites for hydroxylation is 2. The van der Waals surface area contributed by atoms with Gasteiger partial charge >= 0.3 is 6.03 Å². The van der Waals surface area contributed by atoms with Gasteiger partial charge in [-0.3, -0.25) is 20.2 Å². The highest BCUT2D eigenvalue weighted by Gasteiger charge is 2.10. The molecule has 0 spiro atoms. The summed E-state index contributed by atoms with van der Waals surface area (Å²) >= 11 is 0. The minimum absolute atomic E-state index is 0.0750. The highest BCUT2D eigenvalue weighted by molar-refractivity contribution is 5.89. The normalized spacial score (nSPS) is 9.21. The van der Waals surface area contributed by atoms with Crippen molar-refractivity contribution in [3.8, 4) is 0 Å². The molecule has 184 valence electrons. The number of amides is 2. The van der Waals surface area contributed by atoms with Crippen molar-refractivity contribution in [2.24, 2.45) is 10.7 Å². The SMILES string of the molecule is Cc1cc(N=C=O)cc([N+](=O)[O-])c1.Cc1cc(NC(=O)NCCO)cc([N+](=O)[O-])c1.NCCO. The molecular formula is C20H26N6O8. The Kier molecular flexibility index (Phi) is 14.4. The highest BCUT2D eigenvalue weighted by atomic mass is 16.6. The summed E-state index contributed by atoms with van der Waals surface area (Å²) in [4.78, 5) is 44.4. The van der Waals surface area contributed by atoms with Gasteiger partial charge in [0.2, 0.25) is 6.08 Å². The molecule has 0 atom stereocenters. The van der Waals surface area contributed by atoms with Gasteiger partial charge in [-0.05, 0) is 37.1 Å². The summed E-state index contributed by atoms with van der Waals surface area (Å²) in [5, 5.41) is 42.1. The number of aliphatic hydroxyl groups excluding tert-OH is 2. The van der Waals surface area contributed by atoms with E-state index in [0.717, 1.165) is 0 Å². The van der Waals surface area contributed by atoms with E-state index in [-0.39, 0.29) is 36.8 Å². The van der Waals surface area contributed by atoms with Crippen LogP contribution in [0.4, 0.5) is 27.5 Å². The topological polar surface area (TPSA) is 223 Å². The molecule has 0 aliphatic carbocycles. The Morgan fingerprint density at radius 3 is 2.00 bits per heavy atom. The van der Waals surface area contributed by atoms with Crippen molar-refractivity contribution < 1.29 is 29.6 Å². The van der Waals surface area contributed by atoms with Crippen LogP contribution in [0.3, 0.4) is 0 Å². The van der Waals surface area contributed by atoms with Crippen LogP contribution in [0.2, 0.25) is 0 Å². The van der Waals surface area contributed by atoms with Crippen LogP contribution >= 0.6 is 0 Å². The molecule has 14 heteroatoms. The molecule has 2 amide bonds. The maximum atomic E-state index is 11.3. The first-order valence-electron chi connectivity index (χ1n) is 9.64. The number of rotatable bonds is 7. The number of nitrogens with two attached hydrogens (primary N) is 1. The molecule has 0 aliphatic heterocycles. The molecule has 0 saturated carbocycles. The molecule has 0 saturated heterocycles. The molecule has 2 aromatic rings. The molecular weight excluding hydrogens is 452 g/mol. The van der Waals surface area contributed by atoms with E-state index < -0.39 is 15.9 Å². The molecule has 0 heterocycles. The van der Waals surface area contributed by atoms with Crippen molar-refractivity contribution in [3.05, 3.63) is 67.8 Å². The molecule has 0 unspecified atom stereocenters. The van der Waals surface area contributed by atoms with Gasteiger partial charge in [0.1, 0.15) is 0 Å². The van der Waals surface area contributed by atoms with Crippen LogP contribution in [0.15, 0.2) is 41.4 Å². The number of hydrogen-bond donors (Lipinski definition) is 5. The monoisotopic (exact) mass is 478 g/mol. The first-order chi connectivity index (χ1) is 16.1. The smallest absolute Gasteiger partial charge is 0.319 e. The number of nitro benzene ring substituents is 2. The van der Waals surface area contributed by atoms with Crippen LogP contribution in [0, 0.1) is 34.1 Å². The van der Waals surface area contributed by atoms with E-state index in [9.17, 15) is 29.8 Å². The van der Waals surface area contributed by atoms with Crippen LogP contribution in [0.25, 0.3) is 0 Å². The number of carbonyl (C=O) groups excluding carboxylic acids is 2. The van der Waals surface area contributed by atoms with E-state index in [1.165, 1.54) is 30.3 Å². The zero-order valence-corrected chi connectivity index (χ0v) is 18.6. The maximum absolute atomic E-state index is 11.3. The van der Waals surface area contributed by atoms with E-state index in [2.05, 4.69) is 15.6 Å². The molecule has 6 N–H and O–H groups in total. The van der Waals surface area contributed by atoms with Crippen molar-refractivity contribution in [1.82, 2.24) is 5.32 Å². The fraction of sp³-hybridized carbons (Fsp3) is 0.300. The van der Waals surface area contributed by atoms with Gasteiger partial charge < -0.3 is 26.6 Å². The summed E-state index contributed by atoms with van der Waals surface area (Å²) < 4.78 is 0. The zero-order valence-electron chi connectivity index (χ0n) is 18.6. The first-order valence-corrected chi connectivity index (χ1v) is 9.64. The molecule has 34 heavy (non-hydrogen) atoms. The van der Waals surface area contributed by atoms with Gasteiger partial charge in [0.05, 0.1) is 28.7 Å². The number of nitro groups is 2. The number of nitrogens with zero attached hydrogens (tertiary/aromatic N) is 3. The molecule has 14 nitrogen and oxygen atoms in total. The lowest BCUT2D eigenvalue weighted by atomic mass is 10.2. The lowest BCUT2D eigenvalue weighted by molar-refractivity contribution is -0.385. The summed E-state index contributed by atoms with van der Waals surface area (Å²) in [6.45, 7) is 3.82. The molecule has 2 rings (SSSR count). The van der Waals surface area contributed by atoms with E-state index >= 15 is 0 Å². The van der Waals surface area contributed by atoms with Crippen molar-refractivity contribution in [2.75, 3.05) is 31.6 Å². The third kappa shape index (κ3) is 12.6. The van der Waals surface area contributed by atoms with E-state index in [1.54, 1.807) is 26.0 Å². The molecule has 0 aliphatic rings. The Morgan fingerprint density at radius 1 is 1.00 bits per heavy atom. The van der Waals surface area contributed by atoms with Gasteiger partial charge in [-0.15, -0.1) is 0 Å². The second-order valence-electron chi connectivity index (χ2n) is 6.42. The minimum atomic E-state index is -0.531. The zero-order chi connectivity index (χ0) is 26.1. The molecule has 0 radical (unpaired) electrons. The largest absolute Gasteiger partial charge is 0.395 e. The van der Waals surface area contributed by atoms with Gasteiger partial charge in [0.25, 0.3) is 11.4 Å². The third-order valence-corrected chi connectivity index (χ3v) is 3.49. The van der Waals surface area contributed by atoms with Crippen LogP contribution in [-0.2, 0) is 4.79 Å². The average Bonchev–Trinajstić information content (AvgIpc) is 2.77. The van der Waals surface area contributed by atoms with Gasteiger partial charge in [-0.2, -0.15) is 4.99 Å². The van der Waals surface area contributed by atoms with Crippen molar-refractivity contribution in [1.29, 1.82) is 0 Å². The van der Waals surface area contributed by atoms with Gasteiger partial charge in [-0.1, -0.05) is 0 Å². The van der Waals surface area contributed by atoms with Crippen molar-refractivity contribution >= 4 is 34.9 Å². The number of aliphatic hydroxyl groups is 2. The fourth-order valence-electron chi connectivity index (χ4n) is 2.25. The molecule has 2 aromatic carbocycles. The summed E-state index contributed by atoms with van der Waals surface area (Å²) in [7, 11) is 0. The third-order valence-electron chi connectivity index (χ3n) is 3.49. The van der Waals surface area contributed by atoms with Gasteiger partial charge in [0.15, 0.2) is 0 Å². The number of isocyanates is 1. The highest BCUT2D eigenvalue weighted by Crippen LogP contribution is 2.22. The molecule has 0 aromatic heterocycles. The number of carbonyl (C=O) groups is 1. The van der Waals surface area contributed by atoms with Gasteiger partial charge in [-0.25, -0.2) is 9.59 Å². The van der Waals surface area contributed by atoms with E-state index in [4.69, 9.17) is 15.9 Å². The maximum Gasteiger partial charge on any atom is 0.319 e. The number of anilines is 1. The summed E-state index contributed by atoms with van der Waals surface area (Å²) in [5.41, 5.74) is 6.57. The van der Waals surface area contributed by atoms with E-state index in [0.29, 0.717) is 23.4 Å². The Labute approximate surface area is 194 Å². The number of benzene rings is 2. The Bertz CT molecular complexity index is 1000. The standard InChI is InChI=1S/C10H13N3O4.C8H6N2O3.C2H7NO/c1-7-4-8(6-9(5-7)13(16)17)12-10(15)11-2-3-14;1-6-2-7(9-5-11)4-8(3-6)10(12)13;3-1-2-4/h4-6,14H,2-3H2,1H3,(H2,11,12,15);2-4H,1H3;4H,1-3H2. The Balaban J connectivity index is 0.000000567. The number of non-ortho nitro benzene ring substituents is 2. The summed E-state index contributed by atoms with van der Waals surface area (Å²) in [5.74, 6) is 0. The summed E-state index contributed by atoms with van der Waals surface area (Å²) in [6, 6.07) is 7.98. The second kappa shape index (κ2) is 16.4. The number of aliphatic imine (C=N–C) groups is 1. The molecule has 0 fully saturated rings. The predicted molar refractivity (Wildman–Crippen MR) is 124 cm³/mol. The average molecular weight is 478 g/mol.